The fraction of sp³-hybridized carbons (Fsp3) is 0.875. The van der Waals surface area contributed by atoms with E-state index in [0.717, 1.165) is 19.3 Å². The van der Waals surface area contributed by atoms with Crippen molar-refractivity contribution in [3.8, 4) is 0 Å². The van der Waals surface area contributed by atoms with Crippen LogP contribution in [0, 0.1) is 0 Å². The highest BCUT2D eigenvalue weighted by Gasteiger charge is 2.40. The van der Waals surface area contributed by atoms with Crippen LogP contribution in [0.1, 0.15) is 52.9 Å². The van der Waals surface area contributed by atoms with E-state index in [0.29, 0.717) is 12.8 Å². The number of rotatable bonds is 7. The lowest BCUT2D eigenvalue weighted by Crippen LogP contribution is -2.49. The van der Waals surface area contributed by atoms with E-state index >= 15 is 0 Å². The molecule has 4 nitrogen and oxygen atoms in total. The molecule has 1 aliphatic heterocycles. The first-order valence-corrected chi connectivity index (χ1v) is 7.55. The zero-order valence-corrected chi connectivity index (χ0v) is 13.5. The maximum Gasteiger partial charge on any atom is 0.168 e. The molecule has 0 aromatic rings. The lowest BCUT2D eigenvalue weighted by Gasteiger charge is -2.42. The minimum Gasteiger partial charge on any atom is -0.386 e. The third-order valence-electron chi connectivity index (χ3n) is 4.02. The topological polar surface area (TPSA) is 47.9 Å². The molecule has 0 bridgehead atoms. The Morgan fingerprint density at radius 3 is 2.75 bits per heavy atom. The third-order valence-corrected chi connectivity index (χ3v) is 4.02. The average Bonchev–Trinajstić information content (AvgIpc) is 2.44. The van der Waals surface area contributed by atoms with E-state index in [1.54, 1.807) is 14.2 Å². The fourth-order valence-electron chi connectivity index (χ4n) is 2.63. The summed E-state index contributed by atoms with van der Waals surface area (Å²) in [6.07, 6.45) is 5.78. The smallest absolute Gasteiger partial charge is 0.168 e. The van der Waals surface area contributed by atoms with E-state index in [-0.39, 0.29) is 12.2 Å². The highest BCUT2D eigenvalue weighted by atomic mass is 16.7. The quantitative estimate of drug-likeness (QED) is 0.731. The predicted octanol–water partition coefficient (Wildman–Crippen LogP) is 3.04. The summed E-state index contributed by atoms with van der Waals surface area (Å²) in [5, 5.41) is 10.4. The van der Waals surface area contributed by atoms with E-state index in [9.17, 15) is 5.11 Å². The molecule has 0 saturated carbocycles. The average molecular weight is 286 g/mol. The van der Waals surface area contributed by atoms with Gasteiger partial charge in [0.05, 0.1) is 18.3 Å². The maximum absolute atomic E-state index is 10.4. The van der Waals surface area contributed by atoms with Crippen LogP contribution in [-0.4, -0.2) is 43.4 Å². The zero-order valence-electron chi connectivity index (χ0n) is 13.5. The standard InChI is InChI=1S/C16H30O4/c1-6-7-8-12(2)9-14(17)15-10-13(18-4)11-16(3,19-5)20-15/h9,13-15,17H,6-8,10-11H2,1-5H3/b12-9+/t13-,14+,15+,16+/m1/s1. The molecule has 0 amide bonds. The first-order valence-electron chi connectivity index (χ1n) is 7.55. The summed E-state index contributed by atoms with van der Waals surface area (Å²) in [6.45, 7) is 6.12. The molecule has 0 unspecified atom stereocenters. The van der Waals surface area contributed by atoms with E-state index in [1.807, 2.05) is 13.0 Å². The van der Waals surface area contributed by atoms with Gasteiger partial charge in [-0.1, -0.05) is 25.0 Å². The molecule has 1 saturated heterocycles. The number of aliphatic hydroxyl groups is 1. The second-order valence-electron chi connectivity index (χ2n) is 5.90. The molecule has 0 aliphatic carbocycles. The van der Waals surface area contributed by atoms with Crippen LogP contribution in [0.2, 0.25) is 0 Å². The summed E-state index contributed by atoms with van der Waals surface area (Å²) >= 11 is 0. The van der Waals surface area contributed by atoms with Crippen LogP contribution in [-0.2, 0) is 14.2 Å². The van der Waals surface area contributed by atoms with Gasteiger partial charge in [0.1, 0.15) is 0 Å². The van der Waals surface area contributed by atoms with Crippen molar-refractivity contribution in [1.82, 2.24) is 0 Å². The Bertz CT molecular complexity index is 316. The van der Waals surface area contributed by atoms with Crippen LogP contribution in [0.25, 0.3) is 0 Å². The molecule has 0 aromatic carbocycles. The number of aliphatic hydroxyl groups excluding tert-OH is 1. The largest absolute Gasteiger partial charge is 0.386 e. The molecular weight excluding hydrogens is 256 g/mol. The monoisotopic (exact) mass is 286 g/mol. The predicted molar refractivity (Wildman–Crippen MR) is 79.6 cm³/mol. The molecule has 4 heteroatoms. The van der Waals surface area contributed by atoms with Crippen molar-refractivity contribution in [1.29, 1.82) is 0 Å². The van der Waals surface area contributed by atoms with Crippen molar-refractivity contribution in [3.05, 3.63) is 11.6 Å². The fourth-order valence-corrected chi connectivity index (χ4v) is 2.63. The molecule has 0 aromatic heterocycles. The minimum absolute atomic E-state index is 0.0534. The summed E-state index contributed by atoms with van der Waals surface area (Å²) in [4.78, 5) is 0. The molecule has 1 fully saturated rings. The first kappa shape index (κ1) is 17.6. The molecule has 1 rings (SSSR count). The number of allylic oxidation sites excluding steroid dienone is 1. The zero-order chi connectivity index (χ0) is 15.2. The SMILES string of the molecule is CCCC/C(C)=C/[C@H](O)[C@@H]1C[C@@H](OC)C[C@@](C)(OC)O1. The van der Waals surface area contributed by atoms with Crippen molar-refractivity contribution in [3.63, 3.8) is 0 Å². The molecule has 0 spiro atoms. The first-order chi connectivity index (χ1) is 9.44. The van der Waals surface area contributed by atoms with Gasteiger partial charge in [-0.25, -0.2) is 0 Å². The Balaban J connectivity index is 2.68. The van der Waals surface area contributed by atoms with Crippen LogP contribution in [0.5, 0.6) is 0 Å². The molecule has 118 valence electrons. The summed E-state index contributed by atoms with van der Waals surface area (Å²) < 4.78 is 16.8. The Labute approximate surface area is 123 Å². The second-order valence-corrected chi connectivity index (χ2v) is 5.90. The lowest BCUT2D eigenvalue weighted by atomic mass is 9.94. The normalized spacial score (nSPS) is 33.2. The minimum atomic E-state index is -0.685. The Hall–Kier alpha value is -0.420. The Morgan fingerprint density at radius 1 is 1.50 bits per heavy atom. The van der Waals surface area contributed by atoms with Gasteiger partial charge in [-0.15, -0.1) is 0 Å². The molecule has 4 atom stereocenters. The molecule has 0 radical (unpaired) electrons. The van der Waals surface area contributed by atoms with Crippen molar-refractivity contribution in [2.75, 3.05) is 14.2 Å². The summed E-state index contributed by atoms with van der Waals surface area (Å²) in [5.74, 6) is -0.685. The van der Waals surface area contributed by atoms with Crippen molar-refractivity contribution in [2.45, 2.75) is 77.0 Å². The molecule has 20 heavy (non-hydrogen) atoms. The Kier molecular flexibility index (Phi) is 7.17. The third kappa shape index (κ3) is 5.17. The van der Waals surface area contributed by atoms with Crippen LogP contribution < -0.4 is 0 Å². The number of ether oxygens (including phenoxy) is 3. The van der Waals surface area contributed by atoms with Crippen LogP contribution in [0.3, 0.4) is 0 Å². The summed E-state index contributed by atoms with van der Waals surface area (Å²) in [5.41, 5.74) is 1.21. The van der Waals surface area contributed by atoms with E-state index in [4.69, 9.17) is 14.2 Å². The van der Waals surface area contributed by atoms with Gasteiger partial charge in [0.15, 0.2) is 5.79 Å². The summed E-state index contributed by atoms with van der Waals surface area (Å²) in [7, 11) is 3.32. The van der Waals surface area contributed by atoms with Crippen molar-refractivity contribution in [2.24, 2.45) is 0 Å². The van der Waals surface area contributed by atoms with Crippen LogP contribution in [0.4, 0.5) is 0 Å². The van der Waals surface area contributed by atoms with Gasteiger partial charge in [0.25, 0.3) is 0 Å². The lowest BCUT2D eigenvalue weighted by molar-refractivity contribution is -0.287. The number of unbranched alkanes of at least 4 members (excludes halogenated alkanes) is 1. The molecule has 1 N–H and O–H groups in total. The van der Waals surface area contributed by atoms with E-state index in [1.165, 1.54) is 5.57 Å². The molecule has 1 aliphatic rings. The number of hydrogen-bond acceptors (Lipinski definition) is 4. The number of methoxy groups -OCH3 is 2. The maximum atomic E-state index is 10.4. The van der Waals surface area contributed by atoms with E-state index in [2.05, 4.69) is 13.8 Å². The molecule has 1 heterocycles. The van der Waals surface area contributed by atoms with Gasteiger partial charge in [-0.05, 0) is 26.7 Å². The van der Waals surface area contributed by atoms with Crippen molar-refractivity contribution >= 4 is 0 Å². The highest BCUT2D eigenvalue weighted by molar-refractivity contribution is 5.05. The van der Waals surface area contributed by atoms with Gasteiger partial charge >= 0.3 is 0 Å². The molecular formula is C16H30O4. The highest BCUT2D eigenvalue weighted by Crippen LogP contribution is 2.32. The van der Waals surface area contributed by atoms with E-state index < -0.39 is 11.9 Å². The Morgan fingerprint density at radius 2 is 2.20 bits per heavy atom. The van der Waals surface area contributed by atoms with Gasteiger partial charge in [0, 0.05) is 27.1 Å². The van der Waals surface area contributed by atoms with Crippen LogP contribution in [0.15, 0.2) is 11.6 Å². The summed E-state index contributed by atoms with van der Waals surface area (Å²) in [6, 6.07) is 0. The number of hydrogen-bond donors (Lipinski definition) is 1. The van der Waals surface area contributed by atoms with Gasteiger partial charge in [-0.2, -0.15) is 0 Å². The second kappa shape index (κ2) is 8.13. The van der Waals surface area contributed by atoms with Gasteiger partial charge < -0.3 is 19.3 Å². The van der Waals surface area contributed by atoms with Crippen molar-refractivity contribution < 1.29 is 19.3 Å². The van der Waals surface area contributed by atoms with Crippen LogP contribution >= 0.6 is 0 Å². The van der Waals surface area contributed by atoms with Gasteiger partial charge in [0.2, 0.25) is 0 Å². The van der Waals surface area contributed by atoms with Gasteiger partial charge in [-0.3, -0.25) is 0 Å².